The molecule has 1 amide bonds. The van der Waals surface area contributed by atoms with Crippen molar-refractivity contribution in [1.82, 2.24) is 15.2 Å². The molecule has 2 aromatic rings. The third kappa shape index (κ3) is 4.94. The lowest BCUT2D eigenvalue weighted by Crippen LogP contribution is -2.44. The number of likely N-dealkylation sites (N-methyl/N-ethyl adjacent to an activating group) is 1. The van der Waals surface area contributed by atoms with Crippen LogP contribution >= 0.6 is 11.6 Å². The highest BCUT2D eigenvalue weighted by atomic mass is 35.5. The zero-order valence-electron chi connectivity index (χ0n) is 14.4. The average molecular weight is 359 g/mol. The van der Waals surface area contributed by atoms with Gasteiger partial charge in [-0.2, -0.15) is 0 Å². The molecule has 1 fully saturated rings. The van der Waals surface area contributed by atoms with Gasteiger partial charge in [-0.3, -0.25) is 9.78 Å². The molecule has 1 N–H and O–H groups in total. The topological polar surface area (TPSA) is 48.5 Å². The molecule has 2 heterocycles. The maximum atomic E-state index is 12.4. The third-order valence-corrected chi connectivity index (χ3v) is 4.71. The number of aromatic nitrogens is 1. The lowest BCUT2D eigenvalue weighted by atomic mass is 10.1. The Labute approximate surface area is 153 Å². The monoisotopic (exact) mass is 358 g/mol. The van der Waals surface area contributed by atoms with E-state index in [2.05, 4.69) is 27.1 Å². The molecule has 3 rings (SSSR count). The molecular weight excluding hydrogens is 336 g/mol. The fourth-order valence-electron chi connectivity index (χ4n) is 2.87. The molecule has 0 unspecified atom stereocenters. The largest absolute Gasteiger partial charge is 0.369 e. The molecule has 1 aliphatic heterocycles. The lowest BCUT2D eigenvalue weighted by molar-refractivity contribution is 0.0949. The van der Waals surface area contributed by atoms with Crippen molar-refractivity contribution in [2.24, 2.45) is 0 Å². The van der Waals surface area contributed by atoms with Gasteiger partial charge in [0.05, 0.1) is 0 Å². The number of pyridine rings is 1. The number of piperazine rings is 1. The molecule has 1 aromatic heterocycles. The van der Waals surface area contributed by atoms with Crippen LogP contribution in [0.25, 0.3) is 0 Å². The van der Waals surface area contributed by atoms with Crippen molar-refractivity contribution in [3.05, 3.63) is 58.9 Å². The van der Waals surface area contributed by atoms with Gasteiger partial charge in [0, 0.05) is 49.6 Å². The van der Waals surface area contributed by atoms with Crippen LogP contribution in [0.3, 0.4) is 0 Å². The predicted octanol–water partition coefficient (Wildman–Crippen LogP) is 2.46. The van der Waals surface area contributed by atoms with Crippen molar-refractivity contribution in [3.8, 4) is 0 Å². The van der Waals surface area contributed by atoms with Crippen LogP contribution in [-0.2, 0) is 6.42 Å². The van der Waals surface area contributed by atoms with Crippen molar-refractivity contribution >= 4 is 23.2 Å². The fraction of sp³-hybridized carbons (Fsp3) is 0.368. The summed E-state index contributed by atoms with van der Waals surface area (Å²) in [5, 5.41) is 3.66. The van der Waals surface area contributed by atoms with Gasteiger partial charge in [-0.25, -0.2) is 0 Å². The van der Waals surface area contributed by atoms with Crippen LogP contribution < -0.4 is 10.2 Å². The maximum Gasteiger partial charge on any atom is 0.269 e. The van der Waals surface area contributed by atoms with Gasteiger partial charge in [-0.1, -0.05) is 23.7 Å². The van der Waals surface area contributed by atoms with Crippen LogP contribution in [-0.4, -0.2) is 55.6 Å². The molecule has 25 heavy (non-hydrogen) atoms. The third-order valence-electron chi connectivity index (χ3n) is 4.46. The number of nitrogens with zero attached hydrogens (tertiary/aromatic N) is 3. The number of hydrogen-bond donors (Lipinski definition) is 1. The average Bonchev–Trinajstić information content (AvgIpc) is 2.64. The summed E-state index contributed by atoms with van der Waals surface area (Å²) in [6, 6.07) is 11.5. The number of carbonyl (C=O) groups is 1. The number of nitrogens with one attached hydrogen (secondary N) is 1. The first-order chi connectivity index (χ1) is 12.1. The van der Waals surface area contributed by atoms with E-state index in [1.54, 1.807) is 6.20 Å². The first-order valence-electron chi connectivity index (χ1n) is 8.54. The highest BCUT2D eigenvalue weighted by Gasteiger charge is 2.16. The van der Waals surface area contributed by atoms with Crippen molar-refractivity contribution in [1.29, 1.82) is 0 Å². The normalized spacial score (nSPS) is 15.2. The minimum absolute atomic E-state index is 0.134. The minimum atomic E-state index is -0.134. The fourth-order valence-corrected chi connectivity index (χ4v) is 2.99. The van der Waals surface area contributed by atoms with Crippen LogP contribution in [0.1, 0.15) is 16.1 Å². The van der Waals surface area contributed by atoms with Crippen molar-refractivity contribution in [2.45, 2.75) is 6.42 Å². The summed E-state index contributed by atoms with van der Waals surface area (Å²) in [4.78, 5) is 21.2. The Morgan fingerprint density at radius 2 is 1.88 bits per heavy atom. The Balaban J connectivity index is 1.55. The highest BCUT2D eigenvalue weighted by Crippen LogP contribution is 2.16. The molecule has 0 spiro atoms. The summed E-state index contributed by atoms with van der Waals surface area (Å²) in [7, 11) is 2.13. The maximum absolute atomic E-state index is 12.4. The van der Waals surface area contributed by atoms with Crippen LogP contribution in [0.2, 0.25) is 5.02 Å². The van der Waals surface area contributed by atoms with Crippen LogP contribution in [0, 0.1) is 0 Å². The Bertz CT molecular complexity index is 712. The first kappa shape index (κ1) is 17.7. The summed E-state index contributed by atoms with van der Waals surface area (Å²) in [6.45, 7) is 4.58. The van der Waals surface area contributed by atoms with Crippen LogP contribution in [0.5, 0.6) is 0 Å². The molecule has 0 aliphatic carbocycles. The Morgan fingerprint density at radius 1 is 1.16 bits per heavy atom. The highest BCUT2D eigenvalue weighted by molar-refractivity contribution is 6.30. The zero-order valence-corrected chi connectivity index (χ0v) is 15.2. The van der Waals surface area contributed by atoms with Crippen molar-refractivity contribution in [3.63, 3.8) is 0 Å². The van der Waals surface area contributed by atoms with E-state index in [1.807, 2.05) is 36.4 Å². The summed E-state index contributed by atoms with van der Waals surface area (Å²) in [6.07, 6.45) is 2.48. The molecule has 1 saturated heterocycles. The van der Waals surface area contributed by atoms with Crippen LogP contribution in [0.15, 0.2) is 42.6 Å². The molecule has 132 valence electrons. The zero-order chi connectivity index (χ0) is 17.6. The van der Waals surface area contributed by atoms with Gasteiger partial charge < -0.3 is 15.1 Å². The number of amides is 1. The van der Waals surface area contributed by atoms with Crippen molar-refractivity contribution < 1.29 is 4.79 Å². The second-order valence-corrected chi connectivity index (χ2v) is 6.76. The smallest absolute Gasteiger partial charge is 0.269 e. The molecule has 1 aliphatic rings. The van der Waals surface area contributed by atoms with Crippen LogP contribution in [0.4, 0.5) is 5.69 Å². The standard InChI is InChI=1S/C19H23ClN4O/c1-23-10-12-24(13-11-23)17-7-9-21-18(14-17)19(25)22-8-6-15-2-4-16(20)5-3-15/h2-5,7,9,14H,6,8,10-13H2,1H3,(H,22,25). The van der Waals surface area contributed by atoms with E-state index in [0.29, 0.717) is 12.2 Å². The van der Waals surface area contributed by atoms with E-state index >= 15 is 0 Å². The summed E-state index contributed by atoms with van der Waals surface area (Å²) in [5.74, 6) is -0.134. The number of rotatable bonds is 5. The summed E-state index contributed by atoms with van der Waals surface area (Å²) >= 11 is 5.88. The number of anilines is 1. The van der Waals surface area contributed by atoms with E-state index < -0.39 is 0 Å². The van der Waals surface area contributed by atoms with E-state index in [0.717, 1.165) is 48.9 Å². The summed E-state index contributed by atoms with van der Waals surface area (Å²) < 4.78 is 0. The number of benzene rings is 1. The number of hydrogen-bond acceptors (Lipinski definition) is 4. The molecule has 5 nitrogen and oxygen atoms in total. The Morgan fingerprint density at radius 3 is 2.60 bits per heavy atom. The molecule has 6 heteroatoms. The lowest BCUT2D eigenvalue weighted by Gasteiger charge is -2.34. The van der Waals surface area contributed by atoms with Crippen molar-refractivity contribution in [2.75, 3.05) is 44.7 Å². The van der Waals surface area contributed by atoms with E-state index in [9.17, 15) is 4.79 Å². The summed E-state index contributed by atoms with van der Waals surface area (Å²) in [5.41, 5.74) is 2.67. The molecule has 0 saturated carbocycles. The quantitative estimate of drug-likeness (QED) is 0.892. The Hall–Kier alpha value is -2.11. The predicted molar refractivity (Wildman–Crippen MR) is 101 cm³/mol. The van der Waals surface area contributed by atoms with Gasteiger partial charge in [-0.15, -0.1) is 0 Å². The van der Waals surface area contributed by atoms with Gasteiger partial charge in [0.1, 0.15) is 5.69 Å². The van der Waals surface area contributed by atoms with Gasteiger partial charge in [0.25, 0.3) is 5.91 Å². The second kappa shape index (κ2) is 8.32. The SMILES string of the molecule is CN1CCN(c2ccnc(C(=O)NCCc3ccc(Cl)cc3)c2)CC1. The Kier molecular flexibility index (Phi) is 5.89. The number of carbonyl (C=O) groups excluding carboxylic acids is 1. The van der Waals surface area contributed by atoms with E-state index in [4.69, 9.17) is 11.6 Å². The second-order valence-electron chi connectivity index (χ2n) is 6.32. The molecule has 0 bridgehead atoms. The molecular formula is C19H23ClN4O. The van der Waals surface area contributed by atoms with Gasteiger partial charge in [-0.05, 0) is 43.3 Å². The van der Waals surface area contributed by atoms with Gasteiger partial charge in [0.15, 0.2) is 0 Å². The molecule has 1 aromatic carbocycles. The molecule has 0 radical (unpaired) electrons. The molecule has 0 atom stereocenters. The first-order valence-corrected chi connectivity index (χ1v) is 8.92. The van der Waals surface area contributed by atoms with Gasteiger partial charge >= 0.3 is 0 Å². The number of halogens is 1. The minimum Gasteiger partial charge on any atom is -0.369 e. The van der Waals surface area contributed by atoms with E-state index in [-0.39, 0.29) is 5.91 Å². The van der Waals surface area contributed by atoms with E-state index in [1.165, 1.54) is 0 Å². The van der Waals surface area contributed by atoms with Gasteiger partial charge in [0.2, 0.25) is 0 Å².